The first-order chi connectivity index (χ1) is 22.2. The zero-order valence-electron chi connectivity index (χ0n) is 25.6. The molecule has 0 spiro atoms. The summed E-state index contributed by atoms with van der Waals surface area (Å²) < 4.78 is 41.9. The molecule has 0 N–H and O–H groups in total. The predicted molar refractivity (Wildman–Crippen MR) is 172 cm³/mol. The second-order valence-corrected chi connectivity index (χ2v) is 11.9. The Morgan fingerprint density at radius 2 is 1.74 bits per heavy atom. The van der Waals surface area contributed by atoms with Crippen LogP contribution in [-0.4, -0.2) is 28.6 Å². The molecule has 0 aliphatic heterocycles. The van der Waals surface area contributed by atoms with Crippen LogP contribution in [0.2, 0.25) is 0 Å². The molecule has 6 nitrogen and oxygen atoms in total. The van der Waals surface area contributed by atoms with Crippen LogP contribution in [0, 0.1) is 18.6 Å². The van der Waals surface area contributed by atoms with Crippen LogP contribution in [-0.2, 0) is 5.41 Å². The molecule has 3 heterocycles. The Hall–Kier alpha value is -5.24. The minimum Gasteiger partial charge on any atom is -0.496 e. The lowest BCUT2D eigenvalue weighted by atomic mass is 9.88. The lowest BCUT2D eigenvalue weighted by Crippen LogP contribution is -2.16. The molecule has 1 aliphatic carbocycles. The number of fused-ring (bicyclic) bond motifs is 2. The average molecular weight is 617 g/mol. The fourth-order valence-electron chi connectivity index (χ4n) is 6.30. The van der Waals surface area contributed by atoms with Crippen LogP contribution < -0.4 is 4.74 Å². The zero-order chi connectivity index (χ0) is 32.2. The van der Waals surface area contributed by atoms with E-state index in [1.807, 2.05) is 25.1 Å². The summed E-state index contributed by atoms with van der Waals surface area (Å²) in [5.74, 6) is -0.907. The van der Waals surface area contributed by atoms with Crippen molar-refractivity contribution >= 4 is 33.4 Å². The van der Waals surface area contributed by atoms with Crippen molar-refractivity contribution in [2.75, 3.05) is 7.11 Å². The maximum atomic E-state index is 16.6. The number of carbonyl (C=O) groups is 2. The van der Waals surface area contributed by atoms with Crippen LogP contribution in [0.1, 0.15) is 64.6 Å². The number of halogens is 2. The van der Waals surface area contributed by atoms with E-state index in [9.17, 15) is 14.0 Å². The van der Waals surface area contributed by atoms with Crippen molar-refractivity contribution in [3.8, 4) is 28.2 Å². The molecule has 46 heavy (non-hydrogen) atoms. The van der Waals surface area contributed by atoms with Crippen molar-refractivity contribution in [3.63, 3.8) is 0 Å². The Morgan fingerprint density at radius 1 is 0.957 bits per heavy atom. The van der Waals surface area contributed by atoms with Crippen molar-refractivity contribution in [2.24, 2.45) is 0 Å². The van der Waals surface area contributed by atoms with Gasteiger partial charge in [-0.15, -0.1) is 0 Å². The molecule has 8 heteroatoms. The van der Waals surface area contributed by atoms with E-state index in [1.165, 1.54) is 31.4 Å². The highest BCUT2D eigenvalue weighted by molar-refractivity contribution is 6.13. The highest BCUT2D eigenvalue weighted by atomic mass is 19.1. The van der Waals surface area contributed by atoms with Crippen LogP contribution in [0.4, 0.5) is 8.78 Å². The summed E-state index contributed by atoms with van der Waals surface area (Å²) in [6, 6.07) is 18.0. The predicted octanol–water partition coefficient (Wildman–Crippen LogP) is 9.20. The highest BCUT2D eigenvalue weighted by Crippen LogP contribution is 2.51. The minimum atomic E-state index is -0.634. The third-order valence-corrected chi connectivity index (χ3v) is 9.03. The number of hydrogen-bond donors (Lipinski definition) is 0. The lowest BCUT2D eigenvalue weighted by molar-refractivity contribution is 0.0963. The molecule has 230 valence electrons. The van der Waals surface area contributed by atoms with Crippen molar-refractivity contribution in [1.82, 2.24) is 9.97 Å². The van der Waals surface area contributed by atoms with Crippen LogP contribution >= 0.6 is 0 Å². The number of ether oxygens (including phenoxy) is 1. The second kappa shape index (κ2) is 11.3. The van der Waals surface area contributed by atoms with E-state index in [1.54, 1.807) is 43.6 Å². The van der Waals surface area contributed by atoms with Crippen LogP contribution in [0.25, 0.3) is 44.3 Å². The van der Waals surface area contributed by atoms with E-state index in [4.69, 9.17) is 14.1 Å². The van der Waals surface area contributed by atoms with Gasteiger partial charge in [-0.3, -0.25) is 19.6 Å². The molecule has 1 fully saturated rings. The Bertz CT molecular complexity index is 2180. The summed E-state index contributed by atoms with van der Waals surface area (Å²) in [7, 11) is 1.51. The monoisotopic (exact) mass is 616 g/mol. The molecule has 0 bridgehead atoms. The van der Waals surface area contributed by atoms with Gasteiger partial charge < -0.3 is 9.15 Å². The van der Waals surface area contributed by atoms with Gasteiger partial charge in [0.2, 0.25) is 0 Å². The number of aryl methyl sites for hydroxylation is 1. The Balaban J connectivity index is 1.31. The molecule has 3 aromatic heterocycles. The number of pyridine rings is 2. The standard InChI is InChI=1S/C38H30F2N2O4/c1-4-29(43)34-35-31(46-37(34)23-5-8-24(39)9-6-23)11-10-25(36(35)40)26-18-27(32(45-3)17-21(26)2)30(44)19-38(14-15-38)33-12-7-22-13-16-41-20-28(22)42-33/h5-13,16-18,20H,4,14-15,19H2,1-3H3. The summed E-state index contributed by atoms with van der Waals surface area (Å²) in [5, 5.41) is 1.04. The number of rotatable bonds is 9. The van der Waals surface area contributed by atoms with E-state index in [-0.39, 0.29) is 57.7 Å². The van der Waals surface area contributed by atoms with E-state index < -0.39 is 11.6 Å². The molecular weight excluding hydrogens is 586 g/mol. The quantitative estimate of drug-likeness (QED) is 0.151. The lowest BCUT2D eigenvalue weighted by Gasteiger charge is -2.18. The van der Waals surface area contributed by atoms with Crippen molar-refractivity contribution in [2.45, 2.75) is 44.9 Å². The van der Waals surface area contributed by atoms with Crippen molar-refractivity contribution in [1.29, 1.82) is 0 Å². The number of carbonyl (C=O) groups excluding carboxylic acids is 2. The molecule has 0 saturated heterocycles. The van der Waals surface area contributed by atoms with E-state index in [0.717, 1.165) is 29.4 Å². The van der Waals surface area contributed by atoms with E-state index in [0.29, 0.717) is 28.0 Å². The van der Waals surface area contributed by atoms with Crippen LogP contribution in [0.5, 0.6) is 5.75 Å². The molecule has 0 amide bonds. The van der Waals surface area contributed by atoms with Crippen molar-refractivity contribution in [3.05, 3.63) is 113 Å². The molecule has 1 saturated carbocycles. The topological polar surface area (TPSA) is 82.3 Å². The Morgan fingerprint density at radius 3 is 2.46 bits per heavy atom. The van der Waals surface area contributed by atoms with Crippen LogP contribution in [0.15, 0.2) is 83.5 Å². The van der Waals surface area contributed by atoms with Gasteiger partial charge in [-0.1, -0.05) is 13.0 Å². The molecule has 3 aromatic carbocycles. The zero-order valence-corrected chi connectivity index (χ0v) is 25.6. The van der Waals surface area contributed by atoms with Crippen LogP contribution in [0.3, 0.4) is 0 Å². The number of aromatic nitrogens is 2. The Labute approximate surface area is 264 Å². The van der Waals surface area contributed by atoms with Crippen molar-refractivity contribution < 1.29 is 27.5 Å². The van der Waals surface area contributed by atoms with E-state index >= 15 is 4.39 Å². The summed E-state index contributed by atoms with van der Waals surface area (Å²) >= 11 is 0. The molecule has 0 radical (unpaired) electrons. The molecule has 0 unspecified atom stereocenters. The van der Waals surface area contributed by atoms with Gasteiger partial charge in [0.15, 0.2) is 11.6 Å². The SMILES string of the molecule is CCC(=O)c1c(-c2ccc(F)cc2)oc2ccc(-c3cc(C(=O)CC4(c5ccc6ccncc6n5)CC4)c(OC)cc3C)c(F)c12. The summed E-state index contributed by atoms with van der Waals surface area (Å²) in [5.41, 5.74) is 3.80. The molecule has 1 aliphatic rings. The summed E-state index contributed by atoms with van der Waals surface area (Å²) in [6.45, 7) is 3.52. The second-order valence-electron chi connectivity index (χ2n) is 11.9. The maximum Gasteiger partial charge on any atom is 0.167 e. The first kappa shape index (κ1) is 29.5. The average Bonchev–Trinajstić information content (AvgIpc) is 3.75. The number of ketones is 2. The number of hydrogen-bond acceptors (Lipinski definition) is 6. The number of nitrogens with zero attached hydrogens (tertiary/aromatic N) is 2. The summed E-state index contributed by atoms with van der Waals surface area (Å²) in [4.78, 5) is 36.2. The number of benzene rings is 3. The normalized spacial score (nSPS) is 13.7. The maximum absolute atomic E-state index is 16.6. The van der Waals surface area contributed by atoms with Gasteiger partial charge >= 0.3 is 0 Å². The third-order valence-electron chi connectivity index (χ3n) is 9.03. The van der Waals surface area contributed by atoms with Gasteiger partial charge in [-0.25, -0.2) is 8.78 Å². The summed E-state index contributed by atoms with van der Waals surface area (Å²) in [6.07, 6.45) is 5.45. The molecule has 6 aromatic rings. The van der Waals surface area contributed by atoms with Gasteiger partial charge in [0.25, 0.3) is 0 Å². The van der Waals surface area contributed by atoms with Gasteiger partial charge in [0, 0.05) is 46.7 Å². The molecular formula is C38H30F2N2O4. The molecule has 7 rings (SSSR count). The smallest absolute Gasteiger partial charge is 0.167 e. The number of furan rings is 1. The number of Topliss-reactive ketones (excluding diaryl/α,β-unsaturated/α-hetero) is 2. The third kappa shape index (κ3) is 4.94. The minimum absolute atomic E-state index is 0.0561. The highest BCUT2D eigenvalue weighted by Gasteiger charge is 2.47. The first-order valence-electron chi connectivity index (χ1n) is 15.2. The fourth-order valence-corrected chi connectivity index (χ4v) is 6.30. The van der Waals surface area contributed by atoms with Gasteiger partial charge in [0.05, 0.1) is 35.3 Å². The van der Waals surface area contributed by atoms with E-state index in [2.05, 4.69) is 4.98 Å². The molecule has 0 atom stereocenters. The largest absolute Gasteiger partial charge is 0.496 e. The fraction of sp³-hybridized carbons (Fsp3) is 0.211. The van der Waals surface area contributed by atoms with Gasteiger partial charge in [-0.2, -0.15) is 0 Å². The first-order valence-corrected chi connectivity index (χ1v) is 15.2. The number of methoxy groups -OCH3 is 1. The Kier molecular flexibility index (Phi) is 7.23. The van der Waals surface area contributed by atoms with Gasteiger partial charge in [-0.05, 0) is 91.6 Å². The van der Waals surface area contributed by atoms with Gasteiger partial charge in [0.1, 0.15) is 28.7 Å².